The van der Waals surface area contributed by atoms with Gasteiger partial charge in [-0.25, -0.2) is 4.68 Å². The first-order valence-electron chi connectivity index (χ1n) is 7.65. The van der Waals surface area contributed by atoms with E-state index in [-0.39, 0.29) is 5.56 Å². The Hall–Kier alpha value is -2.95. The van der Waals surface area contributed by atoms with Crippen LogP contribution >= 0.6 is 0 Å². The van der Waals surface area contributed by atoms with E-state index in [2.05, 4.69) is 22.3 Å². The molecular weight excluding hydrogens is 288 g/mol. The highest BCUT2D eigenvalue weighted by Crippen LogP contribution is 2.20. The maximum atomic E-state index is 12.7. The molecule has 5 nitrogen and oxygen atoms in total. The van der Waals surface area contributed by atoms with Crippen LogP contribution in [0.2, 0.25) is 0 Å². The second kappa shape index (κ2) is 6.87. The van der Waals surface area contributed by atoms with Crippen molar-refractivity contribution in [3.05, 3.63) is 76.7 Å². The van der Waals surface area contributed by atoms with Crippen molar-refractivity contribution < 1.29 is 0 Å². The fourth-order valence-corrected chi connectivity index (χ4v) is 2.36. The van der Waals surface area contributed by atoms with Gasteiger partial charge >= 0.3 is 0 Å². The van der Waals surface area contributed by atoms with Gasteiger partial charge in [0.25, 0.3) is 5.56 Å². The largest absolute Gasteiger partial charge is 0.299 e. The van der Waals surface area contributed by atoms with Gasteiger partial charge in [0.15, 0.2) is 5.69 Å². The lowest BCUT2D eigenvalue weighted by Crippen LogP contribution is -2.13. The number of para-hydroxylation sites is 1. The van der Waals surface area contributed by atoms with E-state index in [1.165, 1.54) is 4.68 Å². The number of rotatable bonds is 5. The average Bonchev–Trinajstić information content (AvgIpc) is 2.91. The van der Waals surface area contributed by atoms with Crippen LogP contribution in [0.15, 0.2) is 75.7 Å². The molecule has 0 spiro atoms. The van der Waals surface area contributed by atoms with Crippen LogP contribution in [0.4, 0.5) is 11.4 Å². The number of azo groups is 1. The molecule has 0 atom stereocenters. The molecule has 0 aliphatic rings. The maximum absolute atomic E-state index is 12.7. The highest BCUT2D eigenvalue weighted by Gasteiger charge is 2.14. The van der Waals surface area contributed by atoms with Gasteiger partial charge in [-0.05, 0) is 30.7 Å². The van der Waals surface area contributed by atoms with Crippen LogP contribution in [0.3, 0.4) is 0 Å². The summed E-state index contributed by atoms with van der Waals surface area (Å²) in [7, 11) is 0. The molecule has 0 unspecified atom stereocenters. The molecule has 0 bridgehead atoms. The van der Waals surface area contributed by atoms with Crippen molar-refractivity contribution in [3.63, 3.8) is 0 Å². The quantitative estimate of drug-likeness (QED) is 0.691. The summed E-state index contributed by atoms with van der Waals surface area (Å²) in [5, 5.41) is 11.5. The lowest BCUT2D eigenvalue weighted by molar-refractivity contribution is 0.793. The highest BCUT2D eigenvalue weighted by molar-refractivity contribution is 5.45. The SMILES string of the molecule is CCCc1[nH]n(-c2ccccc2)c(=O)c1N=Nc1ccccc1. The second-order valence-electron chi connectivity index (χ2n) is 5.20. The van der Waals surface area contributed by atoms with Crippen LogP contribution in [0.5, 0.6) is 0 Å². The van der Waals surface area contributed by atoms with Gasteiger partial charge in [0.05, 0.1) is 17.1 Å². The molecule has 2 aromatic carbocycles. The van der Waals surface area contributed by atoms with Gasteiger partial charge in [0.1, 0.15) is 0 Å². The highest BCUT2D eigenvalue weighted by atomic mass is 16.1. The molecule has 1 N–H and O–H groups in total. The zero-order valence-electron chi connectivity index (χ0n) is 12.9. The Morgan fingerprint density at radius 3 is 2.26 bits per heavy atom. The molecule has 3 rings (SSSR count). The molecule has 0 radical (unpaired) electrons. The number of hydrogen-bond donors (Lipinski definition) is 1. The average molecular weight is 306 g/mol. The predicted molar refractivity (Wildman–Crippen MR) is 91.0 cm³/mol. The van der Waals surface area contributed by atoms with Crippen LogP contribution in [-0.4, -0.2) is 9.78 Å². The number of nitrogens with one attached hydrogen (secondary N) is 1. The molecule has 116 valence electrons. The van der Waals surface area contributed by atoms with Gasteiger partial charge in [0, 0.05) is 0 Å². The third-order valence-corrected chi connectivity index (χ3v) is 3.47. The number of H-pyrrole nitrogens is 1. The zero-order valence-corrected chi connectivity index (χ0v) is 12.9. The van der Waals surface area contributed by atoms with Gasteiger partial charge in [-0.2, -0.15) is 5.11 Å². The van der Waals surface area contributed by atoms with E-state index >= 15 is 0 Å². The molecule has 0 saturated heterocycles. The molecule has 23 heavy (non-hydrogen) atoms. The smallest absolute Gasteiger partial charge is 0.293 e. The monoisotopic (exact) mass is 306 g/mol. The lowest BCUT2D eigenvalue weighted by Gasteiger charge is -2.00. The Balaban J connectivity index is 2.03. The Morgan fingerprint density at radius 1 is 0.957 bits per heavy atom. The van der Waals surface area contributed by atoms with Crippen molar-refractivity contribution in [1.82, 2.24) is 9.78 Å². The van der Waals surface area contributed by atoms with E-state index in [1.54, 1.807) is 0 Å². The predicted octanol–water partition coefficient (Wildman–Crippen LogP) is 4.53. The number of aromatic nitrogens is 2. The third kappa shape index (κ3) is 3.29. The summed E-state index contributed by atoms with van der Waals surface area (Å²) in [4.78, 5) is 12.7. The van der Waals surface area contributed by atoms with Crippen LogP contribution in [0.1, 0.15) is 19.0 Å². The Kier molecular flexibility index (Phi) is 4.47. The molecule has 0 amide bonds. The van der Waals surface area contributed by atoms with Crippen molar-refractivity contribution in [1.29, 1.82) is 0 Å². The van der Waals surface area contributed by atoms with Crippen LogP contribution in [0, 0.1) is 0 Å². The van der Waals surface area contributed by atoms with E-state index in [0.717, 1.165) is 29.9 Å². The summed E-state index contributed by atoms with van der Waals surface area (Å²) in [6.07, 6.45) is 1.67. The minimum atomic E-state index is -0.181. The molecule has 3 aromatic rings. The third-order valence-electron chi connectivity index (χ3n) is 3.47. The minimum Gasteiger partial charge on any atom is -0.293 e. The molecule has 0 saturated carbocycles. The molecule has 5 heteroatoms. The first-order chi connectivity index (χ1) is 11.3. The van der Waals surface area contributed by atoms with E-state index in [1.807, 2.05) is 60.7 Å². The maximum Gasteiger partial charge on any atom is 0.299 e. The van der Waals surface area contributed by atoms with Gasteiger partial charge in [0.2, 0.25) is 0 Å². The molecule has 0 aliphatic heterocycles. The number of hydrogen-bond acceptors (Lipinski definition) is 3. The first-order valence-corrected chi connectivity index (χ1v) is 7.65. The van der Waals surface area contributed by atoms with Crippen LogP contribution in [-0.2, 0) is 6.42 Å². The van der Waals surface area contributed by atoms with Crippen molar-refractivity contribution in [2.24, 2.45) is 10.2 Å². The van der Waals surface area contributed by atoms with Gasteiger partial charge < -0.3 is 0 Å². The van der Waals surface area contributed by atoms with Crippen molar-refractivity contribution >= 4 is 11.4 Å². The number of benzene rings is 2. The van der Waals surface area contributed by atoms with Gasteiger partial charge in [-0.3, -0.25) is 9.89 Å². The first kappa shape index (κ1) is 15.0. The standard InChI is InChI=1S/C18H18N4O/c1-2-9-16-17(20-19-14-10-5-3-6-11-14)18(23)22(21-16)15-12-7-4-8-13-15/h3-8,10-13,21H,2,9H2,1H3. The van der Waals surface area contributed by atoms with Crippen molar-refractivity contribution in [3.8, 4) is 5.69 Å². The number of aryl methyl sites for hydroxylation is 1. The van der Waals surface area contributed by atoms with E-state index in [4.69, 9.17) is 0 Å². The molecule has 0 fully saturated rings. The van der Waals surface area contributed by atoms with E-state index in [0.29, 0.717) is 5.69 Å². The Labute approximate surface area is 134 Å². The van der Waals surface area contributed by atoms with Crippen molar-refractivity contribution in [2.75, 3.05) is 0 Å². The summed E-state index contributed by atoms with van der Waals surface area (Å²) in [6.45, 7) is 2.07. The summed E-state index contributed by atoms with van der Waals surface area (Å²) in [6, 6.07) is 18.9. The topological polar surface area (TPSA) is 62.5 Å². The normalized spacial score (nSPS) is 11.2. The minimum absolute atomic E-state index is 0.181. The van der Waals surface area contributed by atoms with Gasteiger partial charge in [-0.15, -0.1) is 5.11 Å². The van der Waals surface area contributed by atoms with Gasteiger partial charge in [-0.1, -0.05) is 49.7 Å². The van der Waals surface area contributed by atoms with Crippen LogP contribution in [0.25, 0.3) is 5.69 Å². The summed E-state index contributed by atoms with van der Waals surface area (Å²) >= 11 is 0. The van der Waals surface area contributed by atoms with E-state index in [9.17, 15) is 4.79 Å². The van der Waals surface area contributed by atoms with E-state index < -0.39 is 0 Å². The molecule has 1 aromatic heterocycles. The van der Waals surface area contributed by atoms with Crippen LogP contribution < -0.4 is 5.56 Å². The summed E-state index contributed by atoms with van der Waals surface area (Å²) < 4.78 is 1.52. The van der Waals surface area contributed by atoms with Crippen molar-refractivity contribution in [2.45, 2.75) is 19.8 Å². The molecule has 1 heterocycles. The Morgan fingerprint density at radius 2 is 1.61 bits per heavy atom. The lowest BCUT2D eigenvalue weighted by atomic mass is 10.2. The molecule has 0 aliphatic carbocycles. The second-order valence-corrected chi connectivity index (χ2v) is 5.20. The summed E-state index contributed by atoms with van der Waals surface area (Å²) in [5.41, 5.74) is 2.51. The zero-order chi connectivity index (χ0) is 16.1. The number of aromatic amines is 1. The summed E-state index contributed by atoms with van der Waals surface area (Å²) in [5.74, 6) is 0. The molecular formula is C18H18N4O. The fraction of sp³-hybridized carbons (Fsp3) is 0.167. The number of nitrogens with zero attached hydrogens (tertiary/aromatic N) is 3. The fourth-order valence-electron chi connectivity index (χ4n) is 2.36. The Bertz CT molecular complexity index is 848.